The Kier molecular flexibility index (Phi) is 28.6. The van der Waals surface area contributed by atoms with E-state index in [1.165, 1.54) is 30.3 Å². The number of benzene rings is 5. The Morgan fingerprint density at radius 3 is 1.14 bits per heavy atom. The van der Waals surface area contributed by atoms with Gasteiger partial charge in [-0.1, -0.05) is 0 Å². The van der Waals surface area contributed by atoms with Crippen molar-refractivity contribution < 1.29 is 128 Å². The highest BCUT2D eigenvalue weighted by Gasteiger charge is 2.36. The number of fused-ring (bicyclic) bond motifs is 5. The minimum atomic E-state index is -1.33. The van der Waals surface area contributed by atoms with Crippen LogP contribution in [-0.2, 0) is 85.0 Å². The smallest absolute Gasteiger partial charge is 0.480 e. The number of nitrogens with zero attached hydrogens (tertiary/aromatic N) is 2. The number of carbonyl (C=O) groups is 8. The van der Waals surface area contributed by atoms with Gasteiger partial charge in [0.25, 0.3) is 18.3 Å². The third-order valence-corrected chi connectivity index (χ3v) is 15.2. The van der Waals surface area contributed by atoms with E-state index in [-0.39, 0.29) is 152 Å². The van der Waals surface area contributed by atoms with Crippen LogP contribution in [0, 0.1) is 29.1 Å². The molecule has 0 radical (unpaired) electrons. The van der Waals surface area contributed by atoms with E-state index in [4.69, 9.17) is 38.5 Å². The Balaban J connectivity index is 0.000000229. The molecule has 0 saturated heterocycles. The van der Waals surface area contributed by atoms with Crippen molar-refractivity contribution in [1.29, 1.82) is 0 Å². The number of hydrogen-bond acceptors (Lipinski definition) is 22. The van der Waals surface area contributed by atoms with Crippen LogP contribution in [-0.4, -0.2) is 167 Å². The summed E-state index contributed by atoms with van der Waals surface area (Å²) >= 11 is 0. The van der Waals surface area contributed by atoms with Crippen molar-refractivity contribution in [2.45, 2.75) is 131 Å². The molecule has 0 aromatic heterocycles. The van der Waals surface area contributed by atoms with E-state index in [9.17, 15) is 90.5 Å². The maximum atomic E-state index is 14.8. The normalized spacial score (nSPS) is 13.8. The molecule has 25 nitrogen and oxygen atoms in total. The lowest BCUT2D eigenvalue weighted by Crippen LogP contribution is -2.40. The summed E-state index contributed by atoms with van der Waals surface area (Å²) < 4.78 is 111. The Bertz CT molecular complexity index is 3830. The van der Waals surface area contributed by atoms with Gasteiger partial charge in [-0.25, -0.2) is 22.0 Å². The molecule has 5 heterocycles. The molecule has 0 bridgehead atoms. The fourth-order valence-electron chi connectivity index (χ4n) is 10.6. The molecule has 0 spiro atoms. The lowest BCUT2D eigenvalue weighted by molar-refractivity contribution is -0.156. The molecule has 2 amide bonds. The van der Waals surface area contributed by atoms with Crippen molar-refractivity contribution in [3.05, 3.63) is 140 Å². The van der Waals surface area contributed by atoms with Crippen molar-refractivity contribution >= 4 is 123 Å². The van der Waals surface area contributed by atoms with Gasteiger partial charge in [0.05, 0.1) is 55.3 Å². The van der Waals surface area contributed by atoms with Crippen LogP contribution in [0.3, 0.4) is 0 Å². The predicted octanol–water partition coefficient (Wildman–Crippen LogP) is 1.89. The van der Waals surface area contributed by atoms with E-state index < -0.39 is 119 Å². The second kappa shape index (κ2) is 35.4. The molecular weight excluding hydrogens is 1340 g/mol. The molecule has 5 aliphatic heterocycles. The Morgan fingerprint density at radius 1 is 0.475 bits per heavy atom. The van der Waals surface area contributed by atoms with Gasteiger partial charge in [-0.3, -0.25) is 38.4 Å². The number of carbonyl (C=O) groups excluding carboxylic acids is 7. The molecule has 0 aliphatic carbocycles. The number of aliphatic carboxylic acids is 1. The SMILES string of the molecule is CC(C)(C)OC(=O)CCCCN.CC(C)(C)OC(=O)CN(CCCC(=O)c1cc2c(cc1F)B(O)OC2)C(=O)c1cc2c(cc1F)B(O)OC2.Cl.O=C(O)CN(CCCC(=O)c1cc2c(cc1F)B(O)OC2)C(=O)c1cc2c(cc1F)B(O)OC2.O=COc1cc2c(cc1F)B(O)OC2. The number of amides is 2. The van der Waals surface area contributed by atoms with E-state index in [0.29, 0.717) is 46.2 Å². The molecule has 99 heavy (non-hydrogen) atoms. The Labute approximate surface area is 573 Å². The third-order valence-electron chi connectivity index (χ3n) is 15.2. The van der Waals surface area contributed by atoms with Crippen molar-refractivity contribution in [2.24, 2.45) is 5.73 Å². The number of nitrogens with two attached hydrogens (primary N) is 1. The van der Waals surface area contributed by atoms with Gasteiger partial charge in [-0.05, 0) is 190 Å². The Hall–Kier alpha value is -7.92. The van der Waals surface area contributed by atoms with E-state index >= 15 is 0 Å². The highest BCUT2D eigenvalue weighted by Crippen LogP contribution is 2.25. The number of hydrogen-bond donors (Lipinski definition) is 7. The minimum absolute atomic E-state index is 0. The van der Waals surface area contributed by atoms with Gasteiger partial charge in [-0.15, -0.1) is 12.4 Å². The number of halogens is 6. The molecule has 5 aromatic rings. The minimum Gasteiger partial charge on any atom is -0.480 e. The molecule has 5 aromatic carbocycles. The van der Waals surface area contributed by atoms with Crippen molar-refractivity contribution in [3.8, 4) is 5.75 Å². The molecule has 36 heteroatoms. The highest BCUT2D eigenvalue weighted by molar-refractivity contribution is 6.63. The van der Waals surface area contributed by atoms with Crippen LogP contribution in [0.25, 0.3) is 0 Å². The van der Waals surface area contributed by atoms with Crippen LogP contribution in [0.5, 0.6) is 5.75 Å². The van der Waals surface area contributed by atoms with Gasteiger partial charge >= 0.3 is 53.5 Å². The van der Waals surface area contributed by atoms with E-state index in [2.05, 4.69) is 4.74 Å². The number of ether oxygens (including phenoxy) is 3. The first kappa shape index (κ1) is 80.1. The van der Waals surface area contributed by atoms with Gasteiger partial charge in [0, 0.05) is 32.4 Å². The molecule has 10 rings (SSSR count). The molecule has 0 atom stereocenters. The fraction of sp³-hybridized carbons (Fsp3) is 0.397. The largest absolute Gasteiger partial charge is 0.491 e. The van der Waals surface area contributed by atoms with Gasteiger partial charge in [-0.2, -0.15) is 0 Å². The molecule has 8 N–H and O–H groups in total. The van der Waals surface area contributed by atoms with Crippen LogP contribution in [0.1, 0.15) is 156 Å². The topological polar surface area (TPSA) is 364 Å². The van der Waals surface area contributed by atoms with Crippen molar-refractivity contribution in [2.75, 3.05) is 32.7 Å². The zero-order valence-corrected chi connectivity index (χ0v) is 55.6. The predicted molar refractivity (Wildman–Crippen MR) is 349 cm³/mol. The zero-order valence-electron chi connectivity index (χ0n) is 54.7. The van der Waals surface area contributed by atoms with Gasteiger partial charge in [0.1, 0.15) is 47.6 Å². The van der Waals surface area contributed by atoms with Crippen molar-refractivity contribution in [1.82, 2.24) is 9.80 Å². The summed E-state index contributed by atoms with van der Waals surface area (Å²) in [6.07, 6.45) is 1.89. The summed E-state index contributed by atoms with van der Waals surface area (Å²) in [5.74, 6) is -9.30. The first-order valence-electron chi connectivity index (χ1n) is 30.9. The first-order chi connectivity index (χ1) is 46.2. The number of unbranched alkanes of at least 4 members (excludes halogenated alkanes) is 1. The lowest BCUT2D eigenvalue weighted by atomic mass is 9.78. The first-order valence-corrected chi connectivity index (χ1v) is 30.9. The van der Waals surface area contributed by atoms with E-state index in [0.717, 1.165) is 53.0 Å². The maximum Gasteiger partial charge on any atom is 0.491 e. The van der Waals surface area contributed by atoms with Crippen LogP contribution in [0.2, 0.25) is 0 Å². The van der Waals surface area contributed by atoms with Gasteiger partial charge in [0.15, 0.2) is 23.1 Å². The van der Waals surface area contributed by atoms with Gasteiger partial charge < -0.3 is 83.2 Å². The number of ketones is 2. The van der Waals surface area contributed by atoms with Crippen molar-refractivity contribution in [3.63, 3.8) is 0 Å². The number of carboxylic acids is 1. The molecule has 528 valence electrons. The number of rotatable bonds is 22. The van der Waals surface area contributed by atoms with Crippen LogP contribution in [0.4, 0.5) is 22.0 Å². The van der Waals surface area contributed by atoms with E-state index in [1.54, 1.807) is 20.8 Å². The summed E-state index contributed by atoms with van der Waals surface area (Å²) in [5, 5.41) is 57.2. The summed E-state index contributed by atoms with van der Waals surface area (Å²) in [4.78, 5) is 98.3. The second-order valence-corrected chi connectivity index (χ2v) is 25.0. The Morgan fingerprint density at radius 2 is 0.798 bits per heavy atom. The molecule has 5 aliphatic rings. The second-order valence-electron chi connectivity index (χ2n) is 25.0. The molecule has 0 unspecified atom stereocenters. The number of Topliss-reactive ketones (excluding diaryl/α,β-unsaturated/α-hetero) is 2. The summed E-state index contributed by atoms with van der Waals surface area (Å²) in [7, 11) is -6.18. The van der Waals surface area contributed by atoms with Crippen LogP contribution in [0.15, 0.2) is 60.7 Å². The van der Waals surface area contributed by atoms with Gasteiger partial charge in [0.2, 0.25) is 0 Å². The molecule has 0 saturated carbocycles. The molecule has 0 fully saturated rings. The average molecular weight is 1410 g/mol. The lowest BCUT2D eigenvalue weighted by Gasteiger charge is -2.25. The summed E-state index contributed by atoms with van der Waals surface area (Å²) in [5.41, 5.74) is 6.80. The maximum absolute atomic E-state index is 14.8. The monoisotopic (exact) mass is 1410 g/mol. The number of esters is 2. The fourth-order valence-corrected chi connectivity index (χ4v) is 10.6. The summed E-state index contributed by atoms with van der Waals surface area (Å²) in [6, 6.07) is 11.7. The number of carboxylic acid groups (broad SMARTS) is 1. The standard InChI is InChI=1S/C25H27B2F2NO8.C21H19B2F2NO8.C9H19NO2.C8H6BFO4.ClH/c1-25(2,3)38-23(32)11-30(24(33)17-8-15-13-37-27(35)19(15)10-21(17)29)6-4-5-22(31)16-7-14-12-36-26(34)18(14)9-20(16)28;24-17-6-15-11(9-33-22(15)31)4-13(17)19(27)2-1-3-26(8-20(28)29)21(30)14-5-12-10-34-23(32)16(12)7-18(14)25;1-9(2,3)12-8(11)6-4-5-7-10;10-7-2-6-5(3-14-9(6)12)1-8(7)13-4-11;/h7-10,34-35H,4-6,11-13H2,1-3H3;4-7,31-32H,1-3,8-10H2,(H,28,29);4-7,10H2,1-3H3;1-2,4,12H,3H2;1H. The van der Waals surface area contributed by atoms with Crippen LogP contribution < -0.4 is 37.8 Å². The quantitative estimate of drug-likeness (QED) is 0.0130. The van der Waals surface area contributed by atoms with E-state index in [1.807, 2.05) is 20.8 Å². The van der Waals surface area contributed by atoms with Crippen LogP contribution >= 0.6 is 12.4 Å². The average Bonchev–Trinajstić information content (AvgIpc) is 1.76. The molecular formula is C63H72B5ClF5N3O22. The summed E-state index contributed by atoms with van der Waals surface area (Å²) in [6.45, 7) is 10.1. The zero-order chi connectivity index (χ0) is 72.1. The highest BCUT2D eigenvalue weighted by atomic mass is 35.5. The third kappa shape index (κ3) is 21.8.